The van der Waals surface area contributed by atoms with Crippen LogP contribution in [0.2, 0.25) is 0 Å². The molecular weight excluding hydrogens is 368 g/mol. The molecule has 4 rings (SSSR count). The van der Waals surface area contributed by atoms with Crippen LogP contribution >= 0.6 is 0 Å². The van der Waals surface area contributed by atoms with Crippen LogP contribution in [0.3, 0.4) is 0 Å². The Hall–Kier alpha value is -1.36. The average molecular weight is 405 g/mol. The second kappa shape index (κ2) is 7.11. The Morgan fingerprint density at radius 3 is 2.59 bits per heavy atom. The predicted octanol–water partition coefficient (Wildman–Crippen LogP) is 4.33. The van der Waals surface area contributed by atoms with Crippen LogP contribution < -0.4 is 0 Å². The normalized spacial score (nSPS) is 46.0. The highest BCUT2D eigenvalue weighted by Gasteiger charge is 2.65. The van der Waals surface area contributed by atoms with Gasteiger partial charge < -0.3 is 14.9 Å². The Morgan fingerprint density at radius 2 is 1.86 bits per heavy atom. The summed E-state index contributed by atoms with van der Waals surface area (Å²) in [5.74, 6) is 0.200. The van der Waals surface area contributed by atoms with Crippen LogP contribution in [-0.2, 0) is 14.3 Å². The molecule has 2 bridgehead atoms. The van der Waals surface area contributed by atoms with Crippen molar-refractivity contribution in [3.63, 3.8) is 0 Å². The van der Waals surface area contributed by atoms with Gasteiger partial charge in [-0.1, -0.05) is 26.0 Å². The fraction of sp³-hybridized carbons (Fsp3) is 0.833. The Kier molecular flexibility index (Phi) is 5.12. The number of allylic oxidation sites excluding steroid dienone is 1. The standard InChI is InChI=1S/C24H36O5/c1-15-12-24-11-8-17-22(2,18(24)5-4-16(15)13-24)10-9-19(25)23(17,3)14-29-21(28)7-6-20(26)27/h16-19,25H,1,4-14H2,2-3H3,(H,26,27)/t16-,17+,18+,19-,22-,23+,24-/m1/s1. The minimum atomic E-state index is -0.996. The Labute approximate surface area is 173 Å². The van der Waals surface area contributed by atoms with Gasteiger partial charge in [0.25, 0.3) is 0 Å². The zero-order valence-corrected chi connectivity index (χ0v) is 17.9. The molecule has 0 amide bonds. The van der Waals surface area contributed by atoms with E-state index < -0.39 is 23.5 Å². The SMILES string of the molecule is C=C1C[C@@]23CC[C@@H]4[C@](C)(COC(=O)CCC(=O)O)[C@H](O)CC[C@@]4(C)[C@@H]2CC[C@@H]1C3. The highest BCUT2D eigenvalue weighted by atomic mass is 16.5. The lowest BCUT2D eigenvalue weighted by Crippen LogP contribution is -2.61. The van der Waals surface area contributed by atoms with Gasteiger partial charge in [0.2, 0.25) is 0 Å². The smallest absolute Gasteiger partial charge is 0.306 e. The van der Waals surface area contributed by atoms with E-state index in [2.05, 4.69) is 20.4 Å². The van der Waals surface area contributed by atoms with Crippen LogP contribution in [0.5, 0.6) is 0 Å². The number of carboxylic acids is 1. The van der Waals surface area contributed by atoms with Crippen molar-refractivity contribution in [3.05, 3.63) is 12.2 Å². The summed E-state index contributed by atoms with van der Waals surface area (Å²) in [6.45, 7) is 9.09. The molecule has 162 valence electrons. The molecule has 0 radical (unpaired) electrons. The van der Waals surface area contributed by atoms with Crippen LogP contribution in [-0.4, -0.2) is 34.9 Å². The molecule has 4 aliphatic carbocycles. The molecule has 7 atom stereocenters. The van der Waals surface area contributed by atoms with E-state index in [-0.39, 0.29) is 24.9 Å². The van der Waals surface area contributed by atoms with Crippen molar-refractivity contribution in [2.24, 2.45) is 34.0 Å². The second-order valence-electron chi connectivity index (χ2n) is 10.9. The molecule has 4 aliphatic rings. The first-order valence-corrected chi connectivity index (χ1v) is 11.3. The zero-order valence-electron chi connectivity index (χ0n) is 17.9. The average Bonchev–Trinajstić information content (AvgIpc) is 2.90. The van der Waals surface area contributed by atoms with Crippen molar-refractivity contribution < 1.29 is 24.5 Å². The lowest BCUT2D eigenvalue weighted by atomic mass is 9.40. The van der Waals surface area contributed by atoms with Gasteiger partial charge in [-0.15, -0.1) is 0 Å². The summed E-state index contributed by atoms with van der Waals surface area (Å²) in [6, 6.07) is 0. The maximum atomic E-state index is 12.1. The maximum Gasteiger partial charge on any atom is 0.306 e. The first-order chi connectivity index (χ1) is 13.6. The molecule has 0 unspecified atom stereocenters. The van der Waals surface area contributed by atoms with E-state index in [1.807, 2.05) is 0 Å². The van der Waals surface area contributed by atoms with Gasteiger partial charge in [0, 0.05) is 5.41 Å². The molecule has 0 heterocycles. The van der Waals surface area contributed by atoms with Gasteiger partial charge >= 0.3 is 11.9 Å². The van der Waals surface area contributed by atoms with E-state index in [1.54, 1.807) is 0 Å². The van der Waals surface area contributed by atoms with E-state index in [4.69, 9.17) is 9.84 Å². The largest absolute Gasteiger partial charge is 0.481 e. The summed E-state index contributed by atoms with van der Waals surface area (Å²) < 4.78 is 5.54. The van der Waals surface area contributed by atoms with Crippen molar-refractivity contribution in [3.8, 4) is 0 Å². The first kappa shape index (κ1) is 20.9. The van der Waals surface area contributed by atoms with E-state index in [9.17, 15) is 14.7 Å². The first-order valence-electron chi connectivity index (χ1n) is 11.3. The molecule has 29 heavy (non-hydrogen) atoms. The number of hydrogen-bond donors (Lipinski definition) is 2. The zero-order chi connectivity index (χ0) is 21.0. The Morgan fingerprint density at radius 1 is 1.10 bits per heavy atom. The number of ether oxygens (including phenoxy) is 1. The van der Waals surface area contributed by atoms with Crippen LogP contribution in [0.25, 0.3) is 0 Å². The number of carbonyl (C=O) groups is 2. The summed E-state index contributed by atoms with van der Waals surface area (Å²) >= 11 is 0. The maximum absolute atomic E-state index is 12.1. The highest BCUT2D eigenvalue weighted by molar-refractivity contribution is 5.76. The minimum absolute atomic E-state index is 0.112. The molecule has 5 heteroatoms. The molecule has 0 aromatic rings. The number of esters is 1. The third kappa shape index (κ3) is 3.24. The number of aliphatic hydroxyl groups is 1. The number of hydrogen-bond acceptors (Lipinski definition) is 4. The fourth-order valence-corrected chi connectivity index (χ4v) is 8.10. The second-order valence-corrected chi connectivity index (χ2v) is 10.9. The molecule has 1 spiro atoms. The van der Waals surface area contributed by atoms with Crippen LogP contribution in [0, 0.1) is 34.0 Å². The fourth-order valence-electron chi connectivity index (χ4n) is 8.10. The Bertz CT molecular complexity index is 716. The number of aliphatic carboxylic acids is 1. The highest BCUT2D eigenvalue weighted by Crippen LogP contribution is 2.72. The summed E-state index contributed by atoms with van der Waals surface area (Å²) in [5.41, 5.74) is 1.53. The topological polar surface area (TPSA) is 83.8 Å². The van der Waals surface area contributed by atoms with Crippen LogP contribution in [0.4, 0.5) is 0 Å². The number of fused-ring (bicyclic) bond motifs is 3. The van der Waals surface area contributed by atoms with E-state index >= 15 is 0 Å². The molecular formula is C24H36O5. The number of carbonyl (C=O) groups excluding carboxylic acids is 1. The number of rotatable bonds is 5. The van der Waals surface area contributed by atoms with Crippen molar-refractivity contribution in [1.82, 2.24) is 0 Å². The van der Waals surface area contributed by atoms with Crippen molar-refractivity contribution in [2.45, 2.75) is 84.2 Å². The summed E-state index contributed by atoms with van der Waals surface area (Å²) in [6.07, 6.45) is 8.17. The predicted molar refractivity (Wildman–Crippen MR) is 109 cm³/mol. The lowest BCUT2D eigenvalue weighted by molar-refractivity contribution is -0.204. The van der Waals surface area contributed by atoms with Crippen molar-refractivity contribution in [2.75, 3.05) is 6.61 Å². The lowest BCUT2D eigenvalue weighted by Gasteiger charge is -2.65. The van der Waals surface area contributed by atoms with Gasteiger partial charge in [-0.3, -0.25) is 9.59 Å². The van der Waals surface area contributed by atoms with E-state index in [0.717, 1.165) is 19.3 Å². The Balaban J connectivity index is 1.54. The monoisotopic (exact) mass is 404 g/mol. The molecule has 4 saturated carbocycles. The minimum Gasteiger partial charge on any atom is -0.481 e. The molecule has 2 N–H and O–H groups in total. The van der Waals surface area contributed by atoms with Crippen LogP contribution in [0.1, 0.15) is 78.1 Å². The summed E-state index contributed by atoms with van der Waals surface area (Å²) in [7, 11) is 0. The molecule has 0 saturated heterocycles. The quantitative estimate of drug-likeness (QED) is 0.526. The van der Waals surface area contributed by atoms with E-state index in [0.29, 0.717) is 23.2 Å². The molecule has 0 aromatic carbocycles. The molecule has 0 aliphatic heterocycles. The van der Waals surface area contributed by atoms with Gasteiger partial charge in [0.1, 0.15) is 0 Å². The van der Waals surface area contributed by atoms with Gasteiger partial charge in [-0.25, -0.2) is 0 Å². The number of aliphatic hydroxyl groups excluding tert-OH is 1. The van der Waals surface area contributed by atoms with Gasteiger partial charge in [0.05, 0.1) is 25.6 Å². The number of carboxylic acid groups (broad SMARTS) is 1. The molecule has 0 aromatic heterocycles. The van der Waals surface area contributed by atoms with Crippen molar-refractivity contribution >= 4 is 11.9 Å². The summed E-state index contributed by atoms with van der Waals surface area (Å²) in [4.78, 5) is 22.8. The van der Waals surface area contributed by atoms with Crippen LogP contribution in [0.15, 0.2) is 12.2 Å². The third-order valence-corrected chi connectivity index (χ3v) is 9.48. The van der Waals surface area contributed by atoms with Gasteiger partial charge in [0.15, 0.2) is 0 Å². The van der Waals surface area contributed by atoms with Crippen molar-refractivity contribution in [1.29, 1.82) is 0 Å². The summed E-state index contributed by atoms with van der Waals surface area (Å²) in [5, 5.41) is 19.8. The van der Waals surface area contributed by atoms with Gasteiger partial charge in [-0.2, -0.15) is 0 Å². The van der Waals surface area contributed by atoms with E-state index in [1.165, 1.54) is 37.7 Å². The third-order valence-electron chi connectivity index (χ3n) is 9.48. The molecule has 5 nitrogen and oxygen atoms in total. The van der Waals surface area contributed by atoms with Gasteiger partial charge in [-0.05, 0) is 80.0 Å². The molecule has 4 fully saturated rings.